The fourth-order valence-electron chi connectivity index (χ4n) is 2.89. The van der Waals surface area contributed by atoms with Gasteiger partial charge in [-0.05, 0) is 43.0 Å². The Morgan fingerprint density at radius 1 is 1.30 bits per heavy atom. The molecule has 5 heteroatoms. The Morgan fingerprint density at radius 2 is 2.15 bits per heavy atom. The minimum Gasteiger partial charge on any atom is -0.358 e. The molecular formula is C15H16ClN3S. The minimum atomic E-state index is 0.445. The summed E-state index contributed by atoms with van der Waals surface area (Å²) >= 11 is 11.3. The highest BCUT2D eigenvalue weighted by atomic mass is 35.5. The van der Waals surface area contributed by atoms with Crippen molar-refractivity contribution in [2.75, 3.05) is 0 Å². The van der Waals surface area contributed by atoms with Gasteiger partial charge >= 0.3 is 0 Å². The molecule has 2 bridgehead atoms. The summed E-state index contributed by atoms with van der Waals surface area (Å²) < 4.78 is 0. The molecule has 2 aliphatic carbocycles. The zero-order chi connectivity index (χ0) is 13.9. The molecule has 20 heavy (non-hydrogen) atoms. The Balaban J connectivity index is 1.50. The molecule has 0 unspecified atom stereocenters. The second kappa shape index (κ2) is 5.94. The molecule has 1 saturated carbocycles. The lowest BCUT2D eigenvalue weighted by atomic mass is 10.0. The fourth-order valence-corrected chi connectivity index (χ4v) is 3.28. The zero-order valence-electron chi connectivity index (χ0n) is 10.9. The van der Waals surface area contributed by atoms with Crippen LogP contribution in [0.2, 0.25) is 5.02 Å². The van der Waals surface area contributed by atoms with Gasteiger partial charge in [0, 0.05) is 16.6 Å². The van der Waals surface area contributed by atoms with E-state index in [1.54, 1.807) is 6.21 Å². The smallest absolute Gasteiger partial charge is 0.187 e. The van der Waals surface area contributed by atoms with Gasteiger partial charge in [0.05, 0.1) is 6.21 Å². The Bertz CT molecular complexity index is 570. The molecule has 0 aliphatic heterocycles. The number of fused-ring (bicyclic) bond motifs is 2. The summed E-state index contributed by atoms with van der Waals surface area (Å²) in [6.07, 6.45) is 8.70. The molecule has 104 valence electrons. The monoisotopic (exact) mass is 305 g/mol. The third kappa shape index (κ3) is 3.02. The normalized spacial score (nSPS) is 27.1. The van der Waals surface area contributed by atoms with Gasteiger partial charge in [-0.2, -0.15) is 5.10 Å². The Kier molecular flexibility index (Phi) is 4.03. The molecule has 3 rings (SSSR count). The largest absolute Gasteiger partial charge is 0.358 e. The van der Waals surface area contributed by atoms with Crippen LogP contribution in [0.3, 0.4) is 0 Å². The molecule has 0 spiro atoms. The van der Waals surface area contributed by atoms with Crippen molar-refractivity contribution in [3.8, 4) is 0 Å². The van der Waals surface area contributed by atoms with E-state index in [9.17, 15) is 0 Å². The van der Waals surface area contributed by atoms with E-state index in [2.05, 4.69) is 28.0 Å². The average Bonchev–Trinajstić information content (AvgIpc) is 3.03. The van der Waals surface area contributed by atoms with Crippen LogP contribution >= 0.6 is 23.8 Å². The number of hydrogen-bond acceptors (Lipinski definition) is 2. The summed E-state index contributed by atoms with van der Waals surface area (Å²) in [6, 6.07) is 8.00. The van der Waals surface area contributed by atoms with E-state index in [0.29, 0.717) is 22.1 Å². The second-order valence-electron chi connectivity index (χ2n) is 5.25. The zero-order valence-corrected chi connectivity index (χ0v) is 12.5. The third-order valence-electron chi connectivity index (χ3n) is 3.87. The number of allylic oxidation sites excluding steroid dienone is 1. The van der Waals surface area contributed by atoms with E-state index in [1.165, 1.54) is 6.42 Å². The van der Waals surface area contributed by atoms with E-state index in [-0.39, 0.29) is 0 Å². The van der Waals surface area contributed by atoms with Crippen molar-refractivity contribution < 1.29 is 0 Å². The standard InChI is InChI=1S/C15H16ClN3S/c16-13-4-2-1-3-12(13)9-17-19-15(20)18-14-8-10-5-6-11(14)7-10/h1-6,9-11,14H,7-8H2,(H2,18,19,20)/b17-9-/t10-,11-,14-/m1/s1. The molecule has 2 N–H and O–H groups in total. The molecule has 0 heterocycles. The number of nitrogens with one attached hydrogen (secondary N) is 2. The van der Waals surface area contributed by atoms with Crippen molar-refractivity contribution in [2.45, 2.75) is 18.9 Å². The maximum Gasteiger partial charge on any atom is 0.187 e. The van der Waals surface area contributed by atoms with Crippen LogP contribution in [0.15, 0.2) is 41.5 Å². The lowest BCUT2D eigenvalue weighted by molar-refractivity contribution is 0.521. The fraction of sp³-hybridized carbons (Fsp3) is 0.333. The predicted octanol–water partition coefficient (Wildman–Crippen LogP) is 3.10. The van der Waals surface area contributed by atoms with E-state index in [1.807, 2.05) is 24.3 Å². The highest BCUT2D eigenvalue weighted by Crippen LogP contribution is 2.38. The highest BCUT2D eigenvalue weighted by Gasteiger charge is 2.35. The molecular weight excluding hydrogens is 290 g/mol. The topological polar surface area (TPSA) is 36.4 Å². The van der Waals surface area contributed by atoms with Crippen LogP contribution in [0.5, 0.6) is 0 Å². The molecule has 1 aromatic carbocycles. The molecule has 0 amide bonds. The maximum atomic E-state index is 6.04. The number of rotatable bonds is 3. The number of thiocarbonyl (C=S) groups is 1. The first-order chi connectivity index (χ1) is 9.72. The van der Waals surface area contributed by atoms with Gasteiger partial charge in [0.1, 0.15) is 0 Å². The second-order valence-corrected chi connectivity index (χ2v) is 6.07. The number of hydrazone groups is 1. The van der Waals surface area contributed by atoms with E-state index >= 15 is 0 Å². The number of nitrogens with zero attached hydrogens (tertiary/aromatic N) is 1. The number of benzene rings is 1. The summed E-state index contributed by atoms with van der Waals surface area (Å²) in [6.45, 7) is 0. The van der Waals surface area contributed by atoms with Crippen LogP contribution in [0.25, 0.3) is 0 Å². The summed E-state index contributed by atoms with van der Waals surface area (Å²) in [5.74, 6) is 1.35. The van der Waals surface area contributed by atoms with Crippen molar-refractivity contribution in [1.82, 2.24) is 10.7 Å². The lowest BCUT2D eigenvalue weighted by Crippen LogP contribution is -2.42. The quantitative estimate of drug-likeness (QED) is 0.390. The van der Waals surface area contributed by atoms with E-state index < -0.39 is 0 Å². The van der Waals surface area contributed by atoms with Gasteiger partial charge in [0.25, 0.3) is 0 Å². The van der Waals surface area contributed by atoms with Crippen LogP contribution in [0.1, 0.15) is 18.4 Å². The predicted molar refractivity (Wildman–Crippen MR) is 87.1 cm³/mol. The molecule has 1 fully saturated rings. The summed E-state index contributed by atoms with van der Waals surface area (Å²) in [7, 11) is 0. The van der Waals surface area contributed by atoms with Crippen LogP contribution in [0.4, 0.5) is 0 Å². The molecule has 3 atom stereocenters. The number of hydrogen-bond donors (Lipinski definition) is 2. The van der Waals surface area contributed by atoms with Gasteiger partial charge in [-0.3, -0.25) is 5.43 Å². The van der Waals surface area contributed by atoms with E-state index in [0.717, 1.165) is 17.9 Å². The van der Waals surface area contributed by atoms with Crippen LogP contribution in [-0.2, 0) is 0 Å². The lowest BCUT2D eigenvalue weighted by Gasteiger charge is -2.20. The third-order valence-corrected chi connectivity index (χ3v) is 4.42. The average molecular weight is 306 g/mol. The van der Waals surface area contributed by atoms with Gasteiger partial charge in [0.15, 0.2) is 5.11 Å². The van der Waals surface area contributed by atoms with Crippen LogP contribution in [-0.4, -0.2) is 17.4 Å². The van der Waals surface area contributed by atoms with Gasteiger partial charge in [-0.1, -0.05) is 42.0 Å². The Hall–Kier alpha value is -1.39. The van der Waals surface area contributed by atoms with Crippen molar-refractivity contribution in [2.24, 2.45) is 16.9 Å². The molecule has 1 aromatic rings. The first-order valence-corrected chi connectivity index (χ1v) is 7.53. The summed E-state index contributed by atoms with van der Waals surface area (Å²) in [4.78, 5) is 0. The minimum absolute atomic E-state index is 0.445. The Labute approximate surface area is 129 Å². The van der Waals surface area contributed by atoms with Crippen LogP contribution in [0, 0.1) is 11.8 Å². The molecule has 0 saturated heterocycles. The van der Waals surface area contributed by atoms with Crippen LogP contribution < -0.4 is 10.7 Å². The molecule has 0 radical (unpaired) electrons. The molecule has 0 aromatic heterocycles. The molecule has 2 aliphatic rings. The maximum absolute atomic E-state index is 6.04. The SMILES string of the molecule is S=C(N/N=C\c1ccccc1Cl)N[C@@H]1C[C@@H]2C=C[C@@H]1C2. The van der Waals surface area contributed by atoms with Crippen molar-refractivity contribution in [1.29, 1.82) is 0 Å². The molecule has 3 nitrogen and oxygen atoms in total. The summed E-state index contributed by atoms with van der Waals surface area (Å²) in [5, 5.41) is 8.70. The van der Waals surface area contributed by atoms with Gasteiger partial charge in [-0.15, -0.1) is 0 Å². The number of halogens is 1. The summed E-state index contributed by atoms with van der Waals surface area (Å²) in [5.41, 5.74) is 3.72. The van der Waals surface area contributed by atoms with Crippen molar-refractivity contribution in [3.63, 3.8) is 0 Å². The van der Waals surface area contributed by atoms with Gasteiger partial charge in [-0.25, -0.2) is 0 Å². The van der Waals surface area contributed by atoms with Crippen molar-refractivity contribution in [3.05, 3.63) is 47.0 Å². The first-order valence-electron chi connectivity index (χ1n) is 6.75. The van der Waals surface area contributed by atoms with E-state index in [4.69, 9.17) is 23.8 Å². The Morgan fingerprint density at radius 3 is 2.85 bits per heavy atom. The highest BCUT2D eigenvalue weighted by molar-refractivity contribution is 7.80. The van der Waals surface area contributed by atoms with Crippen molar-refractivity contribution >= 4 is 35.1 Å². The van der Waals surface area contributed by atoms with Gasteiger partial charge < -0.3 is 5.32 Å². The van der Waals surface area contributed by atoms with Gasteiger partial charge in [0.2, 0.25) is 0 Å². The first kappa shape index (κ1) is 13.6.